The largest absolute Gasteiger partial charge is 0.480 e. The second-order valence-electron chi connectivity index (χ2n) is 4.86. The Morgan fingerprint density at radius 2 is 2.11 bits per heavy atom. The van der Waals surface area contributed by atoms with E-state index in [0.717, 1.165) is 19.3 Å². The third-order valence-corrected chi connectivity index (χ3v) is 3.38. The minimum absolute atomic E-state index is 0.00674. The van der Waals surface area contributed by atoms with E-state index in [1.807, 2.05) is 0 Å². The lowest BCUT2D eigenvalue weighted by Gasteiger charge is -2.36. The molecule has 1 aliphatic rings. The van der Waals surface area contributed by atoms with Gasteiger partial charge in [-0.15, -0.1) is 0 Å². The van der Waals surface area contributed by atoms with E-state index in [-0.39, 0.29) is 12.6 Å². The van der Waals surface area contributed by atoms with Gasteiger partial charge in [0, 0.05) is 19.2 Å². The number of rotatable bonds is 5. The monoisotopic (exact) mass is 274 g/mol. The van der Waals surface area contributed by atoms with Crippen LogP contribution in [-0.4, -0.2) is 63.6 Å². The van der Waals surface area contributed by atoms with Gasteiger partial charge in [0.15, 0.2) is 6.04 Å². The van der Waals surface area contributed by atoms with E-state index in [2.05, 4.69) is 5.32 Å². The van der Waals surface area contributed by atoms with Crippen molar-refractivity contribution in [3.05, 3.63) is 0 Å². The van der Waals surface area contributed by atoms with Crippen LogP contribution in [0.3, 0.4) is 0 Å². The number of carbonyl (C=O) groups is 2. The van der Waals surface area contributed by atoms with Crippen molar-refractivity contribution in [1.82, 2.24) is 10.2 Å². The molecule has 0 aromatic rings. The highest BCUT2D eigenvalue weighted by atomic mass is 16.4. The van der Waals surface area contributed by atoms with Crippen LogP contribution in [0, 0.1) is 0 Å². The zero-order valence-corrected chi connectivity index (χ0v) is 11.1. The number of hydrogen-bond donors (Lipinski definition) is 4. The third kappa shape index (κ3) is 4.36. The molecule has 0 bridgehead atoms. The van der Waals surface area contributed by atoms with Crippen molar-refractivity contribution in [3.63, 3.8) is 0 Å². The summed E-state index contributed by atoms with van der Waals surface area (Å²) in [6.45, 7) is 1.86. The fourth-order valence-electron chi connectivity index (χ4n) is 2.32. The van der Waals surface area contributed by atoms with E-state index in [4.69, 9.17) is 10.2 Å². The number of aliphatic carboxylic acids is 1. The molecule has 1 unspecified atom stereocenters. The summed E-state index contributed by atoms with van der Waals surface area (Å²) < 4.78 is 0. The van der Waals surface area contributed by atoms with Crippen LogP contribution in [0.15, 0.2) is 0 Å². The van der Waals surface area contributed by atoms with Crippen molar-refractivity contribution in [2.24, 2.45) is 0 Å². The maximum atomic E-state index is 12.1. The van der Waals surface area contributed by atoms with Gasteiger partial charge < -0.3 is 25.5 Å². The summed E-state index contributed by atoms with van der Waals surface area (Å²) in [6, 6.07) is -1.88. The van der Waals surface area contributed by atoms with Crippen LogP contribution in [0.5, 0.6) is 0 Å². The Morgan fingerprint density at radius 1 is 1.42 bits per heavy atom. The molecule has 0 aromatic carbocycles. The molecule has 0 radical (unpaired) electrons. The van der Waals surface area contributed by atoms with Gasteiger partial charge in [-0.2, -0.15) is 0 Å². The molecule has 0 spiro atoms. The fraction of sp³-hybridized carbons (Fsp3) is 0.833. The molecule has 1 aliphatic heterocycles. The molecule has 2 amide bonds. The number of aliphatic hydroxyl groups excluding tert-OH is 2. The topological polar surface area (TPSA) is 110 Å². The molecule has 1 saturated heterocycles. The Labute approximate surface area is 112 Å². The maximum absolute atomic E-state index is 12.1. The van der Waals surface area contributed by atoms with Gasteiger partial charge in [0.05, 0.1) is 6.10 Å². The second kappa shape index (κ2) is 7.30. The van der Waals surface area contributed by atoms with Gasteiger partial charge in [-0.3, -0.25) is 0 Å². The van der Waals surface area contributed by atoms with Crippen LogP contribution in [0.25, 0.3) is 0 Å². The molecule has 7 heteroatoms. The number of nitrogens with one attached hydrogen (secondary N) is 1. The van der Waals surface area contributed by atoms with Crippen LogP contribution in [-0.2, 0) is 4.79 Å². The van der Waals surface area contributed by atoms with Gasteiger partial charge in [-0.05, 0) is 32.6 Å². The van der Waals surface area contributed by atoms with E-state index in [1.54, 1.807) is 4.90 Å². The molecule has 3 atom stereocenters. The molecule has 0 saturated carbocycles. The van der Waals surface area contributed by atoms with Crippen LogP contribution < -0.4 is 5.32 Å². The number of amides is 2. The first-order chi connectivity index (χ1) is 8.97. The van der Waals surface area contributed by atoms with Crippen LogP contribution in [0.2, 0.25) is 0 Å². The van der Waals surface area contributed by atoms with Crippen molar-refractivity contribution in [1.29, 1.82) is 0 Å². The van der Waals surface area contributed by atoms with E-state index in [9.17, 15) is 14.7 Å². The Kier molecular flexibility index (Phi) is 6.04. The lowest BCUT2D eigenvalue weighted by atomic mass is 10.00. The van der Waals surface area contributed by atoms with Gasteiger partial charge >= 0.3 is 12.0 Å². The van der Waals surface area contributed by atoms with E-state index < -0.39 is 24.1 Å². The normalized spacial score (nSPS) is 22.7. The highest BCUT2D eigenvalue weighted by Crippen LogP contribution is 2.19. The Bertz CT molecular complexity index is 319. The summed E-state index contributed by atoms with van der Waals surface area (Å²) in [7, 11) is 0. The van der Waals surface area contributed by atoms with Crippen molar-refractivity contribution >= 4 is 12.0 Å². The Balaban J connectivity index is 2.66. The number of nitrogens with zero attached hydrogens (tertiary/aromatic N) is 1. The molecular weight excluding hydrogens is 252 g/mol. The average molecular weight is 274 g/mol. The quantitative estimate of drug-likeness (QED) is 0.553. The summed E-state index contributed by atoms with van der Waals surface area (Å²) >= 11 is 0. The fourth-order valence-corrected chi connectivity index (χ4v) is 2.32. The molecule has 4 N–H and O–H groups in total. The SMILES string of the molecule is C[C@@H](O)[C@H](NC(=O)N1CCCCC1CCO)C(=O)O. The predicted octanol–water partition coefficient (Wildman–Crippen LogP) is -0.233. The van der Waals surface area contributed by atoms with Gasteiger partial charge in [0.1, 0.15) is 0 Å². The second-order valence-corrected chi connectivity index (χ2v) is 4.86. The summed E-state index contributed by atoms with van der Waals surface area (Å²) in [4.78, 5) is 24.5. The minimum Gasteiger partial charge on any atom is -0.480 e. The highest BCUT2D eigenvalue weighted by Gasteiger charge is 2.31. The summed E-state index contributed by atoms with van der Waals surface area (Å²) in [6.07, 6.45) is 1.98. The number of aliphatic hydroxyl groups is 2. The molecule has 7 nitrogen and oxygen atoms in total. The standard InChI is InChI=1S/C12H22N2O5/c1-8(16)10(11(17)18)13-12(19)14-6-3-2-4-9(14)5-7-15/h8-10,15-16H,2-7H2,1H3,(H,13,19)(H,17,18)/t8-,9?,10+/m1/s1. The van der Waals surface area contributed by atoms with Crippen LogP contribution in [0.1, 0.15) is 32.6 Å². The lowest BCUT2D eigenvalue weighted by molar-refractivity contribution is -0.141. The molecule has 1 rings (SSSR count). The van der Waals surface area contributed by atoms with E-state index in [0.29, 0.717) is 13.0 Å². The zero-order chi connectivity index (χ0) is 14.4. The number of piperidine rings is 1. The van der Waals surface area contributed by atoms with Gasteiger partial charge in [0.2, 0.25) is 0 Å². The van der Waals surface area contributed by atoms with Crippen molar-refractivity contribution in [2.45, 2.75) is 50.8 Å². The van der Waals surface area contributed by atoms with Crippen molar-refractivity contribution < 1.29 is 24.9 Å². The molecule has 1 heterocycles. The summed E-state index contributed by atoms with van der Waals surface area (Å²) in [5.74, 6) is -1.26. The number of carboxylic acids is 1. The molecular formula is C12H22N2O5. The first-order valence-corrected chi connectivity index (χ1v) is 6.56. The van der Waals surface area contributed by atoms with E-state index in [1.165, 1.54) is 6.92 Å². The number of carboxylic acid groups (broad SMARTS) is 1. The smallest absolute Gasteiger partial charge is 0.328 e. The number of carbonyl (C=O) groups excluding carboxylic acids is 1. The number of likely N-dealkylation sites (tertiary alicyclic amines) is 1. The maximum Gasteiger partial charge on any atom is 0.328 e. The Morgan fingerprint density at radius 3 is 2.63 bits per heavy atom. The van der Waals surface area contributed by atoms with Crippen LogP contribution in [0.4, 0.5) is 4.79 Å². The predicted molar refractivity (Wildman–Crippen MR) is 67.7 cm³/mol. The number of hydrogen-bond acceptors (Lipinski definition) is 4. The van der Waals surface area contributed by atoms with Crippen LogP contribution >= 0.6 is 0 Å². The summed E-state index contributed by atoms with van der Waals surface area (Å²) in [5, 5.41) is 29.6. The molecule has 0 aromatic heterocycles. The molecule has 110 valence electrons. The zero-order valence-electron chi connectivity index (χ0n) is 11.1. The Hall–Kier alpha value is -1.34. The third-order valence-electron chi connectivity index (χ3n) is 3.38. The van der Waals surface area contributed by atoms with Crippen molar-refractivity contribution in [3.8, 4) is 0 Å². The molecule has 1 fully saturated rings. The highest BCUT2D eigenvalue weighted by molar-refractivity contribution is 5.83. The summed E-state index contributed by atoms with van der Waals surface area (Å²) in [5.41, 5.74) is 0. The first kappa shape index (κ1) is 15.7. The van der Waals surface area contributed by atoms with E-state index >= 15 is 0 Å². The first-order valence-electron chi connectivity index (χ1n) is 6.56. The lowest BCUT2D eigenvalue weighted by Crippen LogP contribution is -2.55. The minimum atomic E-state index is -1.32. The van der Waals surface area contributed by atoms with Gasteiger partial charge in [0.25, 0.3) is 0 Å². The molecule has 19 heavy (non-hydrogen) atoms. The van der Waals surface area contributed by atoms with Gasteiger partial charge in [-0.1, -0.05) is 0 Å². The average Bonchev–Trinajstić information content (AvgIpc) is 2.36. The molecule has 0 aliphatic carbocycles. The van der Waals surface area contributed by atoms with Crippen molar-refractivity contribution in [2.75, 3.05) is 13.2 Å². The number of urea groups is 1. The van der Waals surface area contributed by atoms with Gasteiger partial charge in [-0.25, -0.2) is 9.59 Å².